The van der Waals surface area contributed by atoms with E-state index >= 15 is 0 Å². The molecule has 23 heavy (non-hydrogen) atoms. The van der Waals surface area contributed by atoms with Crippen molar-refractivity contribution in [2.75, 3.05) is 13.2 Å². The second-order valence-corrected chi connectivity index (χ2v) is 8.20. The number of fused-ring (bicyclic) bond motifs is 1. The van der Waals surface area contributed by atoms with Gasteiger partial charge in [0.25, 0.3) is 0 Å². The van der Waals surface area contributed by atoms with Crippen molar-refractivity contribution in [1.82, 2.24) is 0 Å². The van der Waals surface area contributed by atoms with E-state index in [1.807, 2.05) is 13.8 Å². The normalized spacial score (nSPS) is 37.1. The first kappa shape index (κ1) is 17.2. The van der Waals surface area contributed by atoms with E-state index in [1.165, 1.54) is 19.3 Å². The third kappa shape index (κ3) is 4.08. The fourth-order valence-electron chi connectivity index (χ4n) is 4.08. The van der Waals surface area contributed by atoms with Gasteiger partial charge in [-0.05, 0) is 58.3 Å². The summed E-state index contributed by atoms with van der Waals surface area (Å²) in [6, 6.07) is 0. The molecule has 3 aliphatic rings. The number of esters is 1. The van der Waals surface area contributed by atoms with E-state index in [2.05, 4.69) is 6.92 Å². The first-order valence-corrected chi connectivity index (χ1v) is 9.45. The zero-order valence-electron chi connectivity index (χ0n) is 14.9. The number of ether oxygens (including phenoxy) is 3. The van der Waals surface area contributed by atoms with Crippen molar-refractivity contribution in [3.63, 3.8) is 0 Å². The van der Waals surface area contributed by atoms with Gasteiger partial charge < -0.3 is 14.2 Å². The second kappa shape index (κ2) is 7.10. The van der Waals surface area contributed by atoms with Gasteiger partial charge in [-0.3, -0.25) is 4.79 Å². The molecule has 0 N–H and O–H groups in total. The second-order valence-electron chi connectivity index (χ2n) is 8.20. The summed E-state index contributed by atoms with van der Waals surface area (Å²) in [6.45, 7) is 7.61. The lowest BCUT2D eigenvalue weighted by atomic mass is 9.68. The van der Waals surface area contributed by atoms with Crippen LogP contribution in [-0.4, -0.2) is 37.5 Å². The Morgan fingerprint density at radius 2 is 1.70 bits per heavy atom. The minimum atomic E-state index is -0.374. The Hall–Kier alpha value is -0.610. The smallest absolute Gasteiger partial charge is 0.311 e. The monoisotopic (exact) mass is 324 g/mol. The van der Waals surface area contributed by atoms with Crippen LogP contribution in [-0.2, 0) is 19.0 Å². The van der Waals surface area contributed by atoms with Crippen LogP contribution >= 0.6 is 0 Å². The molecule has 1 saturated heterocycles. The molecule has 0 radical (unpaired) electrons. The summed E-state index contributed by atoms with van der Waals surface area (Å²) < 4.78 is 17.4. The highest BCUT2D eigenvalue weighted by Crippen LogP contribution is 2.44. The molecule has 0 bridgehead atoms. The van der Waals surface area contributed by atoms with Gasteiger partial charge >= 0.3 is 5.97 Å². The Morgan fingerprint density at radius 3 is 2.30 bits per heavy atom. The van der Waals surface area contributed by atoms with Crippen LogP contribution < -0.4 is 0 Å². The van der Waals surface area contributed by atoms with Crippen molar-refractivity contribution in [3.05, 3.63) is 0 Å². The lowest BCUT2D eigenvalue weighted by Gasteiger charge is -2.45. The molecule has 132 valence electrons. The van der Waals surface area contributed by atoms with E-state index in [1.54, 1.807) is 0 Å². The highest BCUT2D eigenvalue weighted by atomic mass is 16.6. The maximum Gasteiger partial charge on any atom is 0.311 e. The van der Waals surface area contributed by atoms with E-state index < -0.39 is 0 Å². The average molecular weight is 324 g/mol. The molecule has 4 nitrogen and oxygen atoms in total. The molecule has 3 rings (SSSR count). The van der Waals surface area contributed by atoms with E-state index in [9.17, 15) is 4.79 Å². The van der Waals surface area contributed by atoms with E-state index in [0.29, 0.717) is 24.0 Å². The van der Waals surface area contributed by atoms with Gasteiger partial charge in [0, 0.05) is 5.92 Å². The molecule has 3 fully saturated rings. The molecule has 2 aliphatic carbocycles. The lowest BCUT2D eigenvalue weighted by molar-refractivity contribution is -0.171. The molecule has 2 saturated carbocycles. The highest BCUT2D eigenvalue weighted by Gasteiger charge is 2.43. The molecule has 0 spiro atoms. The summed E-state index contributed by atoms with van der Waals surface area (Å²) in [5, 5.41) is 0. The van der Waals surface area contributed by atoms with Gasteiger partial charge in [-0.15, -0.1) is 0 Å². The summed E-state index contributed by atoms with van der Waals surface area (Å²) in [6.07, 6.45) is 8.46. The van der Waals surface area contributed by atoms with Crippen molar-refractivity contribution in [1.29, 1.82) is 0 Å². The number of hydrogen-bond donors (Lipinski definition) is 0. The number of hydrogen-bond acceptors (Lipinski definition) is 4. The van der Waals surface area contributed by atoms with Gasteiger partial charge in [-0.1, -0.05) is 13.3 Å². The fraction of sp³-hybridized carbons (Fsp3) is 0.947. The van der Waals surface area contributed by atoms with E-state index in [0.717, 1.165) is 38.9 Å². The Bertz CT molecular complexity index is 416. The molecular formula is C19H32O4. The molecular weight excluding hydrogens is 292 g/mol. The number of epoxide rings is 1. The van der Waals surface area contributed by atoms with Crippen LogP contribution in [0.25, 0.3) is 0 Å². The van der Waals surface area contributed by atoms with Crippen molar-refractivity contribution < 1.29 is 19.0 Å². The molecule has 0 aromatic carbocycles. The first-order chi connectivity index (χ1) is 11.0. The van der Waals surface area contributed by atoms with Gasteiger partial charge in [0.2, 0.25) is 0 Å². The van der Waals surface area contributed by atoms with Gasteiger partial charge in [-0.2, -0.15) is 0 Å². The van der Waals surface area contributed by atoms with Crippen LogP contribution in [0.4, 0.5) is 0 Å². The Labute approximate surface area is 140 Å². The average Bonchev–Trinajstić information content (AvgIpc) is 3.37. The quantitative estimate of drug-likeness (QED) is 0.552. The summed E-state index contributed by atoms with van der Waals surface area (Å²) in [4.78, 5) is 12.5. The number of rotatable bonds is 6. The predicted molar refractivity (Wildman–Crippen MR) is 88.1 cm³/mol. The maximum absolute atomic E-state index is 12.5. The Balaban J connectivity index is 1.60. The van der Waals surface area contributed by atoms with E-state index in [-0.39, 0.29) is 17.5 Å². The van der Waals surface area contributed by atoms with Crippen LogP contribution in [0.5, 0.6) is 0 Å². The third-order valence-corrected chi connectivity index (χ3v) is 6.15. The van der Waals surface area contributed by atoms with Crippen LogP contribution in [0.1, 0.15) is 65.7 Å². The SMILES string of the molecule is CCC(C)(C)C(=O)OC1CCCC2C(OCC3CO3)CCCC12. The van der Waals surface area contributed by atoms with Crippen LogP contribution in [0, 0.1) is 17.3 Å². The summed E-state index contributed by atoms with van der Waals surface area (Å²) in [5.41, 5.74) is -0.374. The molecule has 0 amide bonds. The fourth-order valence-corrected chi connectivity index (χ4v) is 4.08. The topological polar surface area (TPSA) is 48.1 Å². The van der Waals surface area contributed by atoms with Crippen molar-refractivity contribution >= 4 is 5.97 Å². The zero-order chi connectivity index (χ0) is 16.4. The highest BCUT2D eigenvalue weighted by molar-refractivity contribution is 5.76. The van der Waals surface area contributed by atoms with Gasteiger partial charge in [-0.25, -0.2) is 0 Å². The largest absolute Gasteiger partial charge is 0.462 e. The van der Waals surface area contributed by atoms with Crippen molar-refractivity contribution in [2.45, 2.75) is 84.0 Å². The lowest BCUT2D eigenvalue weighted by Crippen LogP contribution is -2.46. The van der Waals surface area contributed by atoms with Crippen molar-refractivity contribution in [2.24, 2.45) is 17.3 Å². The predicted octanol–water partition coefficient (Wildman–Crippen LogP) is 3.72. The van der Waals surface area contributed by atoms with Crippen LogP contribution in [0.3, 0.4) is 0 Å². The minimum absolute atomic E-state index is 0.0277. The molecule has 5 unspecified atom stereocenters. The molecule has 5 atom stereocenters. The Kier molecular flexibility index (Phi) is 5.32. The third-order valence-electron chi connectivity index (χ3n) is 6.15. The van der Waals surface area contributed by atoms with Crippen LogP contribution in [0.15, 0.2) is 0 Å². The minimum Gasteiger partial charge on any atom is -0.462 e. The summed E-state index contributed by atoms with van der Waals surface area (Å²) in [7, 11) is 0. The van der Waals surface area contributed by atoms with E-state index in [4.69, 9.17) is 14.2 Å². The van der Waals surface area contributed by atoms with Gasteiger partial charge in [0.15, 0.2) is 0 Å². The van der Waals surface area contributed by atoms with Gasteiger partial charge in [0.1, 0.15) is 12.2 Å². The number of carbonyl (C=O) groups is 1. The molecule has 4 heteroatoms. The molecule has 1 heterocycles. The Morgan fingerprint density at radius 1 is 1.09 bits per heavy atom. The molecule has 0 aromatic heterocycles. The number of carbonyl (C=O) groups excluding carboxylic acids is 1. The first-order valence-electron chi connectivity index (χ1n) is 9.45. The summed E-state index contributed by atoms with van der Waals surface area (Å²) >= 11 is 0. The molecule has 1 aliphatic heterocycles. The van der Waals surface area contributed by atoms with Crippen molar-refractivity contribution in [3.8, 4) is 0 Å². The maximum atomic E-state index is 12.5. The van der Waals surface area contributed by atoms with Gasteiger partial charge in [0.05, 0.1) is 24.7 Å². The molecule has 0 aromatic rings. The zero-order valence-corrected chi connectivity index (χ0v) is 14.9. The van der Waals surface area contributed by atoms with Crippen LogP contribution in [0.2, 0.25) is 0 Å². The standard InChI is InChI=1S/C19H32O4/c1-4-19(2,3)18(20)23-17-10-6-7-14-15(17)8-5-9-16(14)22-12-13-11-21-13/h13-17H,4-12H2,1-3H3. The summed E-state index contributed by atoms with van der Waals surface area (Å²) in [5.74, 6) is 1.01.